The van der Waals surface area contributed by atoms with Crippen molar-refractivity contribution < 1.29 is 18.7 Å². The zero-order valence-corrected chi connectivity index (χ0v) is 9.91. The van der Waals surface area contributed by atoms with Crippen LogP contribution >= 0.6 is 0 Å². The summed E-state index contributed by atoms with van der Waals surface area (Å²) >= 11 is 0. The molecule has 4 nitrogen and oxygen atoms in total. The molecular weight excluding hydrogens is 225 g/mol. The summed E-state index contributed by atoms with van der Waals surface area (Å²) in [6.45, 7) is 3.47. The normalized spacial score (nSPS) is 10.2. The van der Waals surface area contributed by atoms with E-state index in [0.29, 0.717) is 5.69 Å². The van der Waals surface area contributed by atoms with E-state index >= 15 is 0 Å². The van der Waals surface area contributed by atoms with Crippen molar-refractivity contribution in [1.82, 2.24) is 0 Å². The second-order valence-electron chi connectivity index (χ2n) is 3.83. The number of rotatable bonds is 3. The number of methoxy groups -OCH3 is 1. The van der Waals surface area contributed by atoms with Gasteiger partial charge in [0.05, 0.1) is 12.7 Å². The number of carbonyl (C=O) groups is 2. The quantitative estimate of drug-likeness (QED) is 0.823. The Morgan fingerprint density at radius 3 is 2.53 bits per heavy atom. The number of esters is 1. The summed E-state index contributed by atoms with van der Waals surface area (Å²) in [6, 6.07) is 3.76. The van der Waals surface area contributed by atoms with E-state index < -0.39 is 11.8 Å². The highest BCUT2D eigenvalue weighted by atomic mass is 19.1. The van der Waals surface area contributed by atoms with E-state index in [4.69, 9.17) is 0 Å². The average Bonchev–Trinajstić information content (AvgIpc) is 2.30. The predicted molar refractivity (Wildman–Crippen MR) is 61.2 cm³/mol. The summed E-state index contributed by atoms with van der Waals surface area (Å²) in [7, 11) is 1.17. The molecule has 1 aromatic rings. The fourth-order valence-corrected chi connectivity index (χ4v) is 1.16. The molecule has 0 fully saturated rings. The number of anilines is 1. The third-order valence-corrected chi connectivity index (χ3v) is 2.16. The number of nitrogens with one attached hydrogen (secondary N) is 1. The highest BCUT2D eigenvalue weighted by Crippen LogP contribution is 2.16. The zero-order chi connectivity index (χ0) is 13.0. The number of amides is 1. The Morgan fingerprint density at radius 2 is 2.00 bits per heavy atom. The molecule has 1 rings (SSSR count). The maximum atomic E-state index is 13.3. The fourth-order valence-electron chi connectivity index (χ4n) is 1.16. The van der Waals surface area contributed by atoms with Gasteiger partial charge in [0.25, 0.3) is 0 Å². The van der Waals surface area contributed by atoms with Crippen molar-refractivity contribution in [3.8, 4) is 0 Å². The first-order valence-electron chi connectivity index (χ1n) is 5.14. The van der Waals surface area contributed by atoms with Crippen LogP contribution in [0.2, 0.25) is 0 Å². The van der Waals surface area contributed by atoms with Crippen LogP contribution in [0.5, 0.6) is 0 Å². The SMILES string of the molecule is COC(=O)c1cc(NC(=O)C(C)C)ccc1F. The third-order valence-electron chi connectivity index (χ3n) is 2.16. The minimum absolute atomic E-state index is 0.193. The van der Waals surface area contributed by atoms with Crippen LogP contribution < -0.4 is 5.32 Å². The standard InChI is InChI=1S/C12H14FNO3/c1-7(2)11(15)14-8-4-5-10(13)9(6-8)12(16)17-3/h4-7H,1-3H3,(H,14,15). The minimum atomic E-state index is -0.775. The van der Waals surface area contributed by atoms with Gasteiger partial charge in [-0.3, -0.25) is 4.79 Å². The summed E-state index contributed by atoms with van der Waals surface area (Å²) in [5, 5.41) is 2.57. The second-order valence-corrected chi connectivity index (χ2v) is 3.83. The van der Waals surface area contributed by atoms with Crippen LogP contribution in [0, 0.1) is 11.7 Å². The van der Waals surface area contributed by atoms with Crippen LogP contribution in [0.3, 0.4) is 0 Å². The van der Waals surface area contributed by atoms with Crippen LogP contribution in [-0.2, 0) is 9.53 Å². The summed E-state index contributed by atoms with van der Waals surface area (Å²) in [4.78, 5) is 22.7. The molecule has 0 aliphatic carbocycles. The van der Waals surface area contributed by atoms with Gasteiger partial charge in [-0.05, 0) is 18.2 Å². The maximum Gasteiger partial charge on any atom is 0.340 e. The maximum absolute atomic E-state index is 13.3. The average molecular weight is 239 g/mol. The lowest BCUT2D eigenvalue weighted by atomic mass is 10.1. The molecule has 0 bridgehead atoms. The van der Waals surface area contributed by atoms with Gasteiger partial charge in [0, 0.05) is 11.6 Å². The molecule has 92 valence electrons. The van der Waals surface area contributed by atoms with E-state index in [2.05, 4.69) is 10.1 Å². The molecule has 0 atom stereocenters. The van der Waals surface area contributed by atoms with Crippen molar-refractivity contribution in [2.24, 2.45) is 5.92 Å². The predicted octanol–water partition coefficient (Wildman–Crippen LogP) is 2.21. The lowest BCUT2D eigenvalue weighted by Gasteiger charge is -2.09. The van der Waals surface area contributed by atoms with E-state index in [0.717, 1.165) is 6.07 Å². The van der Waals surface area contributed by atoms with Gasteiger partial charge in [0.2, 0.25) is 5.91 Å². The smallest absolute Gasteiger partial charge is 0.340 e. The summed E-state index contributed by atoms with van der Waals surface area (Å²) in [6.07, 6.45) is 0. The minimum Gasteiger partial charge on any atom is -0.465 e. The van der Waals surface area contributed by atoms with Crippen LogP contribution in [0.4, 0.5) is 10.1 Å². The Hall–Kier alpha value is -1.91. The molecule has 5 heteroatoms. The van der Waals surface area contributed by atoms with E-state index in [1.807, 2.05) is 0 Å². The first kappa shape index (κ1) is 13.2. The molecule has 0 aliphatic rings. The zero-order valence-electron chi connectivity index (χ0n) is 9.91. The number of hydrogen-bond donors (Lipinski definition) is 1. The van der Waals surface area contributed by atoms with Gasteiger partial charge in [0.15, 0.2) is 0 Å². The number of benzene rings is 1. The van der Waals surface area contributed by atoms with Gasteiger partial charge in [-0.25, -0.2) is 9.18 Å². The van der Waals surface area contributed by atoms with E-state index in [1.54, 1.807) is 13.8 Å². The van der Waals surface area contributed by atoms with Gasteiger partial charge >= 0.3 is 5.97 Å². The number of carbonyl (C=O) groups excluding carboxylic acids is 2. The summed E-state index contributed by atoms with van der Waals surface area (Å²) in [5.74, 6) is -1.85. The molecule has 0 unspecified atom stereocenters. The first-order valence-corrected chi connectivity index (χ1v) is 5.14. The Morgan fingerprint density at radius 1 is 1.35 bits per heavy atom. The van der Waals surface area contributed by atoms with Crippen LogP contribution in [-0.4, -0.2) is 19.0 Å². The van der Waals surface area contributed by atoms with Crippen molar-refractivity contribution >= 4 is 17.6 Å². The van der Waals surface area contributed by atoms with E-state index in [9.17, 15) is 14.0 Å². The highest BCUT2D eigenvalue weighted by molar-refractivity contribution is 5.95. The van der Waals surface area contributed by atoms with Crippen molar-refractivity contribution in [1.29, 1.82) is 0 Å². The molecule has 1 N–H and O–H groups in total. The van der Waals surface area contributed by atoms with E-state index in [-0.39, 0.29) is 17.4 Å². The molecule has 1 aromatic carbocycles. The first-order chi connectivity index (χ1) is 7.95. The number of halogens is 1. The van der Waals surface area contributed by atoms with Crippen molar-refractivity contribution in [2.75, 3.05) is 12.4 Å². The second kappa shape index (κ2) is 5.43. The Balaban J connectivity index is 2.97. The molecule has 0 saturated carbocycles. The van der Waals surface area contributed by atoms with Crippen LogP contribution in [0.1, 0.15) is 24.2 Å². The lowest BCUT2D eigenvalue weighted by molar-refractivity contribution is -0.118. The summed E-state index contributed by atoms with van der Waals surface area (Å²) < 4.78 is 17.7. The third kappa shape index (κ3) is 3.27. The monoisotopic (exact) mass is 239 g/mol. The Kier molecular flexibility index (Phi) is 4.20. The highest BCUT2D eigenvalue weighted by Gasteiger charge is 2.14. The van der Waals surface area contributed by atoms with Crippen molar-refractivity contribution in [2.45, 2.75) is 13.8 Å². The van der Waals surface area contributed by atoms with Gasteiger partial charge in [-0.15, -0.1) is 0 Å². The van der Waals surface area contributed by atoms with Crippen LogP contribution in [0.25, 0.3) is 0 Å². The molecule has 0 heterocycles. The molecule has 0 spiro atoms. The van der Waals surface area contributed by atoms with Gasteiger partial charge in [-0.1, -0.05) is 13.8 Å². The molecule has 17 heavy (non-hydrogen) atoms. The summed E-state index contributed by atoms with van der Waals surface area (Å²) in [5.41, 5.74) is 0.166. The number of ether oxygens (including phenoxy) is 1. The molecule has 0 aromatic heterocycles. The molecule has 0 radical (unpaired) electrons. The Labute approximate surface area is 98.8 Å². The van der Waals surface area contributed by atoms with Gasteiger partial charge < -0.3 is 10.1 Å². The fraction of sp³-hybridized carbons (Fsp3) is 0.333. The van der Waals surface area contributed by atoms with Crippen molar-refractivity contribution in [3.05, 3.63) is 29.6 Å². The molecular formula is C12H14FNO3. The molecule has 1 amide bonds. The van der Waals surface area contributed by atoms with Crippen molar-refractivity contribution in [3.63, 3.8) is 0 Å². The van der Waals surface area contributed by atoms with E-state index in [1.165, 1.54) is 19.2 Å². The lowest BCUT2D eigenvalue weighted by Crippen LogP contribution is -2.18. The van der Waals surface area contributed by atoms with Gasteiger partial charge in [0.1, 0.15) is 5.82 Å². The molecule has 0 aliphatic heterocycles. The molecule has 0 saturated heterocycles. The topological polar surface area (TPSA) is 55.4 Å². The Bertz CT molecular complexity index is 443. The largest absolute Gasteiger partial charge is 0.465 e. The number of hydrogen-bond acceptors (Lipinski definition) is 3. The van der Waals surface area contributed by atoms with Gasteiger partial charge in [-0.2, -0.15) is 0 Å². The van der Waals surface area contributed by atoms with Crippen LogP contribution in [0.15, 0.2) is 18.2 Å².